The first-order valence-corrected chi connectivity index (χ1v) is 6.28. The number of carbonyl (C=O) groups is 1. The largest absolute Gasteiger partial charge is 0.384 e. The van der Waals surface area contributed by atoms with E-state index < -0.39 is 0 Å². The summed E-state index contributed by atoms with van der Waals surface area (Å²) in [5.41, 5.74) is 2.29. The van der Waals surface area contributed by atoms with E-state index in [1.54, 1.807) is 13.0 Å². The highest BCUT2D eigenvalue weighted by Gasteiger charge is 2.24. The number of aryl methyl sites for hydroxylation is 1. The zero-order valence-corrected chi connectivity index (χ0v) is 10.6. The van der Waals surface area contributed by atoms with Crippen molar-refractivity contribution >= 4 is 17.4 Å². The van der Waals surface area contributed by atoms with Gasteiger partial charge in [0.2, 0.25) is 5.91 Å². The summed E-state index contributed by atoms with van der Waals surface area (Å²) < 4.78 is 4.93. The molecule has 0 spiro atoms. The van der Waals surface area contributed by atoms with E-state index in [1.165, 1.54) is 5.56 Å². The van der Waals surface area contributed by atoms with E-state index in [0.717, 1.165) is 12.1 Å². The molecule has 3 rings (SSSR count). The van der Waals surface area contributed by atoms with E-state index in [0.29, 0.717) is 18.1 Å². The number of carbonyl (C=O) groups excluding carboxylic acids is 1. The van der Waals surface area contributed by atoms with E-state index >= 15 is 0 Å². The Bertz CT molecular complexity index is 606. The topological polar surface area (TPSA) is 67.2 Å². The molecule has 2 heterocycles. The molecule has 0 bridgehead atoms. The first-order chi connectivity index (χ1) is 9.22. The van der Waals surface area contributed by atoms with Gasteiger partial charge >= 0.3 is 0 Å². The Morgan fingerprint density at radius 1 is 1.47 bits per heavy atom. The molecule has 0 radical (unpaired) electrons. The Labute approximate surface area is 111 Å². The summed E-state index contributed by atoms with van der Waals surface area (Å²) in [7, 11) is 0. The molecule has 0 saturated heterocycles. The number of amides is 1. The van der Waals surface area contributed by atoms with Crippen molar-refractivity contribution in [2.75, 3.05) is 17.2 Å². The maximum Gasteiger partial charge on any atom is 0.230 e. The molecular formula is C14H15N3O2. The van der Waals surface area contributed by atoms with Crippen LogP contribution in [0, 0.1) is 12.8 Å². The van der Waals surface area contributed by atoms with Crippen LogP contribution in [0.5, 0.6) is 0 Å². The predicted molar refractivity (Wildman–Crippen MR) is 72.0 cm³/mol. The Hall–Kier alpha value is -2.30. The second-order valence-corrected chi connectivity index (χ2v) is 4.75. The lowest BCUT2D eigenvalue weighted by Crippen LogP contribution is -2.33. The average Bonchev–Trinajstić information content (AvgIpc) is 2.83. The molecule has 0 fully saturated rings. The molecule has 2 aromatic rings. The van der Waals surface area contributed by atoms with Crippen LogP contribution in [-0.2, 0) is 11.2 Å². The van der Waals surface area contributed by atoms with Crippen molar-refractivity contribution < 1.29 is 9.32 Å². The van der Waals surface area contributed by atoms with Crippen molar-refractivity contribution in [1.29, 1.82) is 0 Å². The summed E-state index contributed by atoms with van der Waals surface area (Å²) in [5.74, 6) is 1.03. The van der Waals surface area contributed by atoms with Gasteiger partial charge in [-0.25, -0.2) is 0 Å². The third-order valence-electron chi connectivity index (χ3n) is 3.27. The normalized spacial score (nSPS) is 17.4. The van der Waals surface area contributed by atoms with E-state index in [4.69, 9.17) is 4.52 Å². The SMILES string of the molecule is Cc1cc(NC(=O)C2CNc3ccccc3C2)no1. The Kier molecular flexibility index (Phi) is 2.95. The van der Waals surface area contributed by atoms with Gasteiger partial charge in [0.15, 0.2) is 5.82 Å². The van der Waals surface area contributed by atoms with Crippen molar-refractivity contribution in [2.45, 2.75) is 13.3 Å². The van der Waals surface area contributed by atoms with Crippen LogP contribution in [0.3, 0.4) is 0 Å². The quantitative estimate of drug-likeness (QED) is 0.865. The minimum absolute atomic E-state index is 0.0321. The molecular weight excluding hydrogens is 242 g/mol. The number of rotatable bonds is 2. The molecule has 98 valence electrons. The molecule has 1 atom stereocenters. The minimum Gasteiger partial charge on any atom is -0.384 e. The molecule has 5 heteroatoms. The van der Waals surface area contributed by atoms with E-state index in [-0.39, 0.29) is 11.8 Å². The molecule has 1 aromatic heterocycles. The average molecular weight is 257 g/mol. The van der Waals surface area contributed by atoms with Crippen molar-refractivity contribution in [3.8, 4) is 0 Å². The number of fused-ring (bicyclic) bond motifs is 1. The highest BCUT2D eigenvalue weighted by molar-refractivity contribution is 5.92. The fourth-order valence-corrected chi connectivity index (χ4v) is 2.28. The lowest BCUT2D eigenvalue weighted by Gasteiger charge is -2.24. The van der Waals surface area contributed by atoms with Crippen LogP contribution in [0.4, 0.5) is 11.5 Å². The van der Waals surface area contributed by atoms with Crippen molar-refractivity contribution in [1.82, 2.24) is 5.16 Å². The number of aromatic nitrogens is 1. The second-order valence-electron chi connectivity index (χ2n) is 4.75. The molecule has 1 aliphatic rings. The maximum absolute atomic E-state index is 12.2. The summed E-state index contributed by atoms with van der Waals surface area (Å²) >= 11 is 0. The van der Waals surface area contributed by atoms with Gasteiger partial charge in [0, 0.05) is 18.3 Å². The molecule has 1 unspecified atom stereocenters. The zero-order chi connectivity index (χ0) is 13.2. The number of para-hydroxylation sites is 1. The zero-order valence-electron chi connectivity index (χ0n) is 10.6. The smallest absolute Gasteiger partial charge is 0.230 e. The van der Waals surface area contributed by atoms with Crippen LogP contribution in [0.2, 0.25) is 0 Å². The molecule has 1 aromatic carbocycles. The third-order valence-corrected chi connectivity index (χ3v) is 3.27. The van der Waals surface area contributed by atoms with Gasteiger partial charge in [0.1, 0.15) is 5.76 Å². The van der Waals surface area contributed by atoms with Crippen molar-refractivity contribution in [2.24, 2.45) is 5.92 Å². The summed E-state index contributed by atoms with van der Waals surface area (Å²) in [4.78, 5) is 12.2. The number of anilines is 2. The molecule has 5 nitrogen and oxygen atoms in total. The molecule has 19 heavy (non-hydrogen) atoms. The fraction of sp³-hybridized carbons (Fsp3) is 0.286. The number of hydrogen-bond acceptors (Lipinski definition) is 4. The van der Waals surface area contributed by atoms with Gasteiger partial charge in [-0.05, 0) is 25.0 Å². The van der Waals surface area contributed by atoms with Crippen LogP contribution in [-0.4, -0.2) is 17.6 Å². The van der Waals surface area contributed by atoms with Crippen LogP contribution in [0.1, 0.15) is 11.3 Å². The van der Waals surface area contributed by atoms with Crippen molar-refractivity contribution in [3.63, 3.8) is 0 Å². The Morgan fingerprint density at radius 2 is 2.32 bits per heavy atom. The van der Waals surface area contributed by atoms with Crippen LogP contribution >= 0.6 is 0 Å². The van der Waals surface area contributed by atoms with E-state index in [9.17, 15) is 4.79 Å². The number of benzene rings is 1. The highest BCUT2D eigenvalue weighted by Crippen LogP contribution is 2.25. The predicted octanol–water partition coefficient (Wildman–Crippen LogP) is 2.21. The van der Waals surface area contributed by atoms with Gasteiger partial charge < -0.3 is 15.2 Å². The number of nitrogens with one attached hydrogen (secondary N) is 2. The summed E-state index contributed by atoms with van der Waals surface area (Å²) in [5, 5.41) is 9.83. The first-order valence-electron chi connectivity index (χ1n) is 6.28. The van der Waals surface area contributed by atoms with Gasteiger partial charge in [-0.2, -0.15) is 0 Å². The third kappa shape index (κ3) is 2.45. The Balaban J connectivity index is 1.69. The highest BCUT2D eigenvalue weighted by atomic mass is 16.5. The summed E-state index contributed by atoms with van der Waals surface area (Å²) in [6.07, 6.45) is 0.742. The molecule has 2 N–H and O–H groups in total. The second kappa shape index (κ2) is 4.76. The van der Waals surface area contributed by atoms with Crippen molar-refractivity contribution in [3.05, 3.63) is 41.7 Å². The van der Waals surface area contributed by atoms with E-state index in [2.05, 4.69) is 15.8 Å². The van der Waals surface area contributed by atoms with Gasteiger partial charge in [-0.15, -0.1) is 0 Å². The first kappa shape index (κ1) is 11.8. The molecule has 0 aliphatic carbocycles. The van der Waals surface area contributed by atoms with Crippen LogP contribution in [0.25, 0.3) is 0 Å². The lowest BCUT2D eigenvalue weighted by atomic mass is 9.93. The number of nitrogens with zero attached hydrogens (tertiary/aromatic N) is 1. The lowest BCUT2D eigenvalue weighted by molar-refractivity contribution is -0.119. The fourth-order valence-electron chi connectivity index (χ4n) is 2.28. The van der Waals surface area contributed by atoms with Gasteiger partial charge in [-0.1, -0.05) is 23.4 Å². The Morgan fingerprint density at radius 3 is 3.11 bits per heavy atom. The van der Waals surface area contributed by atoms with Gasteiger partial charge in [0.25, 0.3) is 0 Å². The molecule has 0 saturated carbocycles. The monoisotopic (exact) mass is 257 g/mol. The standard InChI is InChI=1S/C14H15N3O2/c1-9-6-13(17-19-9)16-14(18)11-7-10-4-2-3-5-12(10)15-8-11/h2-6,11,15H,7-8H2,1H3,(H,16,17,18). The van der Waals surface area contributed by atoms with Gasteiger partial charge in [0.05, 0.1) is 5.92 Å². The van der Waals surface area contributed by atoms with Crippen LogP contribution < -0.4 is 10.6 Å². The molecule has 1 amide bonds. The van der Waals surface area contributed by atoms with Gasteiger partial charge in [-0.3, -0.25) is 4.79 Å². The minimum atomic E-state index is -0.0908. The van der Waals surface area contributed by atoms with Crippen LogP contribution in [0.15, 0.2) is 34.9 Å². The summed E-state index contributed by atoms with van der Waals surface area (Å²) in [6.45, 7) is 2.43. The van der Waals surface area contributed by atoms with E-state index in [1.807, 2.05) is 24.3 Å². The maximum atomic E-state index is 12.2. The summed E-state index contributed by atoms with van der Waals surface area (Å²) in [6, 6.07) is 9.76. The number of hydrogen-bond donors (Lipinski definition) is 2. The molecule has 1 aliphatic heterocycles.